The van der Waals surface area contributed by atoms with E-state index < -0.39 is 36.4 Å². The first kappa shape index (κ1) is 23.5. The predicted molar refractivity (Wildman–Crippen MR) is 113 cm³/mol. The van der Waals surface area contributed by atoms with E-state index in [2.05, 4.69) is 15.3 Å². The highest BCUT2D eigenvalue weighted by Gasteiger charge is 2.24. The number of rotatable bonds is 9. The van der Waals surface area contributed by atoms with Gasteiger partial charge in [-0.2, -0.15) is 0 Å². The molecule has 0 saturated heterocycles. The van der Waals surface area contributed by atoms with Gasteiger partial charge in [-0.15, -0.1) is 0 Å². The van der Waals surface area contributed by atoms with Crippen molar-refractivity contribution in [1.29, 1.82) is 0 Å². The number of aromatic nitrogens is 3. The molecule has 1 unspecified atom stereocenters. The Morgan fingerprint density at radius 1 is 1.25 bits per heavy atom. The lowest BCUT2D eigenvalue weighted by atomic mass is 9.97. The van der Waals surface area contributed by atoms with Gasteiger partial charge >= 0.3 is 0 Å². The molecule has 0 bridgehead atoms. The van der Waals surface area contributed by atoms with Gasteiger partial charge in [0.15, 0.2) is 0 Å². The lowest BCUT2D eigenvalue weighted by Crippen LogP contribution is -2.48. The first-order chi connectivity index (χ1) is 15.1. The minimum atomic E-state index is -0.758. The normalized spacial score (nSPS) is 13.2. The van der Waals surface area contributed by atoms with Crippen molar-refractivity contribution in [3.05, 3.63) is 58.7 Å². The largest absolute Gasteiger partial charge is 0.470 e. The number of amides is 1. The highest BCUT2D eigenvalue weighted by atomic mass is 19.1. The summed E-state index contributed by atoms with van der Waals surface area (Å²) in [5, 5.41) is 2.77. The predicted octanol–water partition coefficient (Wildman–Crippen LogP) is 3.40. The first-order valence-electron chi connectivity index (χ1n) is 10.2. The molecule has 7 nitrogen and oxygen atoms in total. The highest BCUT2D eigenvalue weighted by Crippen LogP contribution is 2.23. The van der Waals surface area contributed by atoms with E-state index in [-0.39, 0.29) is 29.3 Å². The molecule has 0 fully saturated rings. The summed E-state index contributed by atoms with van der Waals surface area (Å²) in [4.78, 5) is 21.5. The van der Waals surface area contributed by atoms with Gasteiger partial charge in [0.25, 0.3) is 11.8 Å². The molecule has 0 aliphatic rings. The van der Waals surface area contributed by atoms with Crippen molar-refractivity contribution in [2.45, 2.75) is 45.8 Å². The number of ether oxygens (including phenoxy) is 1. The number of aryl methyl sites for hydroxylation is 2. The summed E-state index contributed by atoms with van der Waals surface area (Å²) >= 11 is 0. The summed E-state index contributed by atoms with van der Waals surface area (Å²) in [6, 6.07) is 3.55. The van der Waals surface area contributed by atoms with Crippen LogP contribution in [0.25, 0.3) is 5.65 Å². The van der Waals surface area contributed by atoms with Crippen molar-refractivity contribution in [2.75, 3.05) is 13.2 Å². The third kappa shape index (κ3) is 5.18. The molecular weight excluding hydrogens is 423 g/mol. The van der Waals surface area contributed by atoms with Crippen LogP contribution in [0.4, 0.5) is 13.2 Å². The number of fused-ring (bicyclic) bond motifs is 1. The van der Waals surface area contributed by atoms with E-state index in [0.29, 0.717) is 24.2 Å². The minimum Gasteiger partial charge on any atom is -0.470 e. The number of hydrogen-bond donors (Lipinski definition) is 2. The monoisotopic (exact) mass is 449 g/mol. The molecule has 3 N–H and O–H groups in total. The Bertz CT molecular complexity index is 1110. The summed E-state index contributed by atoms with van der Waals surface area (Å²) in [6.07, 6.45) is 2.35. The van der Waals surface area contributed by atoms with Crippen molar-refractivity contribution in [3.63, 3.8) is 0 Å². The number of nitrogens with zero attached hydrogens (tertiary/aromatic N) is 3. The lowest BCUT2D eigenvalue weighted by Gasteiger charge is -2.24. The van der Waals surface area contributed by atoms with Gasteiger partial charge in [0.2, 0.25) is 5.65 Å². The van der Waals surface area contributed by atoms with Gasteiger partial charge in [-0.3, -0.25) is 13.6 Å². The molecule has 32 heavy (non-hydrogen) atoms. The van der Waals surface area contributed by atoms with E-state index in [0.717, 1.165) is 12.1 Å². The molecule has 0 aliphatic carbocycles. The zero-order chi connectivity index (χ0) is 23.5. The number of nitrogens with one attached hydrogen (secondary N) is 1. The number of alkyl halides is 1. The van der Waals surface area contributed by atoms with E-state index in [1.165, 1.54) is 10.5 Å². The standard InChI is InChI=1S/C22H26F3N5O2/c1-13-10-30-18(20(31)27-12-22(3,26)8-5-9-23)14(2)29-19(30)21(28-13)32-11-15-16(24)6-4-7-17(15)25/h4,6-7,10H,5,8-9,11-12,26H2,1-3H3,(H,27,31). The van der Waals surface area contributed by atoms with Gasteiger partial charge in [-0.05, 0) is 45.7 Å². The Morgan fingerprint density at radius 2 is 1.94 bits per heavy atom. The smallest absolute Gasteiger partial charge is 0.270 e. The van der Waals surface area contributed by atoms with Gasteiger partial charge < -0.3 is 15.8 Å². The van der Waals surface area contributed by atoms with Crippen LogP contribution in [-0.2, 0) is 6.61 Å². The Morgan fingerprint density at radius 3 is 2.59 bits per heavy atom. The van der Waals surface area contributed by atoms with Crippen LogP contribution >= 0.6 is 0 Å². The molecule has 172 valence electrons. The number of halogens is 3. The van der Waals surface area contributed by atoms with E-state index in [9.17, 15) is 18.0 Å². The van der Waals surface area contributed by atoms with Gasteiger partial charge in [-0.25, -0.2) is 18.7 Å². The number of carbonyl (C=O) groups is 1. The molecule has 1 atom stereocenters. The van der Waals surface area contributed by atoms with Crippen LogP contribution in [0.5, 0.6) is 5.88 Å². The average molecular weight is 449 g/mol. The second-order valence-corrected chi connectivity index (χ2v) is 8.04. The fraction of sp³-hybridized carbons (Fsp3) is 0.409. The molecule has 0 spiro atoms. The summed E-state index contributed by atoms with van der Waals surface area (Å²) in [5.41, 5.74) is 6.56. The maximum Gasteiger partial charge on any atom is 0.270 e. The van der Waals surface area contributed by atoms with Gasteiger partial charge in [0, 0.05) is 18.3 Å². The van der Waals surface area contributed by atoms with E-state index >= 15 is 0 Å². The number of imidazole rings is 1. The molecule has 2 heterocycles. The SMILES string of the molecule is Cc1cn2c(C(=O)NCC(C)(N)CCCF)c(C)nc2c(OCc2c(F)cccc2F)n1. The van der Waals surface area contributed by atoms with Crippen LogP contribution in [-0.4, -0.2) is 39.0 Å². The second-order valence-electron chi connectivity index (χ2n) is 8.04. The summed E-state index contributed by atoms with van der Waals surface area (Å²) in [5.74, 6) is -1.83. The topological polar surface area (TPSA) is 94.5 Å². The molecule has 2 aromatic heterocycles. The third-order valence-electron chi connectivity index (χ3n) is 5.03. The molecular formula is C22H26F3N5O2. The van der Waals surface area contributed by atoms with Gasteiger partial charge in [-0.1, -0.05) is 6.07 Å². The molecule has 0 radical (unpaired) electrons. The highest BCUT2D eigenvalue weighted by molar-refractivity contribution is 5.95. The number of carbonyl (C=O) groups excluding carboxylic acids is 1. The maximum absolute atomic E-state index is 13.9. The Hall–Kier alpha value is -3.14. The lowest BCUT2D eigenvalue weighted by molar-refractivity contribution is 0.0937. The Balaban J connectivity index is 1.86. The quantitative estimate of drug-likeness (QED) is 0.522. The fourth-order valence-electron chi connectivity index (χ4n) is 3.35. The van der Waals surface area contributed by atoms with Crippen molar-refractivity contribution in [3.8, 4) is 5.88 Å². The van der Waals surface area contributed by atoms with Gasteiger partial charge in [0.05, 0.1) is 23.6 Å². The summed E-state index contributed by atoms with van der Waals surface area (Å²) in [7, 11) is 0. The molecule has 0 saturated carbocycles. The zero-order valence-corrected chi connectivity index (χ0v) is 18.2. The number of benzene rings is 1. The van der Waals surface area contributed by atoms with E-state index in [4.69, 9.17) is 10.5 Å². The Labute approximate surface area is 183 Å². The molecule has 1 amide bonds. The van der Waals surface area contributed by atoms with Crippen LogP contribution < -0.4 is 15.8 Å². The summed E-state index contributed by atoms with van der Waals surface area (Å²) in [6.45, 7) is 4.38. The number of hydrogen-bond acceptors (Lipinski definition) is 5. The van der Waals surface area contributed by atoms with Crippen molar-refractivity contribution < 1.29 is 22.7 Å². The number of nitrogens with two attached hydrogens (primary N) is 1. The Kier molecular flexibility index (Phi) is 7.02. The average Bonchev–Trinajstić information content (AvgIpc) is 3.06. The van der Waals surface area contributed by atoms with E-state index in [1.807, 2.05) is 0 Å². The maximum atomic E-state index is 13.9. The van der Waals surface area contributed by atoms with Crippen LogP contribution in [0, 0.1) is 25.5 Å². The fourth-order valence-corrected chi connectivity index (χ4v) is 3.35. The van der Waals surface area contributed by atoms with Crippen molar-refractivity contribution in [2.24, 2.45) is 5.73 Å². The van der Waals surface area contributed by atoms with E-state index in [1.54, 1.807) is 27.0 Å². The molecule has 10 heteroatoms. The molecule has 1 aromatic carbocycles. The second kappa shape index (κ2) is 9.56. The molecule has 3 rings (SSSR count). The van der Waals surface area contributed by atoms with Crippen LogP contribution in [0.3, 0.4) is 0 Å². The molecule has 0 aliphatic heterocycles. The third-order valence-corrected chi connectivity index (χ3v) is 5.03. The first-order valence-corrected chi connectivity index (χ1v) is 10.2. The molecule has 3 aromatic rings. The summed E-state index contributed by atoms with van der Waals surface area (Å²) < 4.78 is 47.4. The minimum absolute atomic E-state index is 0.0430. The van der Waals surface area contributed by atoms with Crippen molar-refractivity contribution in [1.82, 2.24) is 19.7 Å². The zero-order valence-electron chi connectivity index (χ0n) is 18.2. The van der Waals surface area contributed by atoms with Crippen LogP contribution in [0.2, 0.25) is 0 Å². The van der Waals surface area contributed by atoms with Gasteiger partial charge in [0.1, 0.15) is 23.9 Å². The van der Waals surface area contributed by atoms with Crippen LogP contribution in [0.1, 0.15) is 47.2 Å². The van der Waals surface area contributed by atoms with Crippen LogP contribution in [0.15, 0.2) is 24.4 Å². The van der Waals surface area contributed by atoms with Crippen molar-refractivity contribution >= 4 is 11.6 Å².